The number of halogens is 1. The predicted molar refractivity (Wildman–Crippen MR) is 40.4 cm³/mol. The van der Waals surface area contributed by atoms with Crippen molar-refractivity contribution >= 4 is 22.2 Å². The molecule has 1 rings (SSSR count). The standard InChI is InChI=1S/C5H6BrNO5/c6-5(7(9)10)2-11-4(1-8)12-3-5/h1,4H,2-3H2. The van der Waals surface area contributed by atoms with Crippen molar-refractivity contribution in [3.63, 3.8) is 0 Å². The van der Waals surface area contributed by atoms with E-state index in [-0.39, 0.29) is 13.2 Å². The predicted octanol–water partition coefficient (Wildman–Crippen LogP) is -0.0739. The molecule has 68 valence electrons. The monoisotopic (exact) mass is 239 g/mol. The highest BCUT2D eigenvalue weighted by Crippen LogP contribution is 2.24. The van der Waals surface area contributed by atoms with Crippen molar-refractivity contribution in [1.82, 2.24) is 0 Å². The summed E-state index contributed by atoms with van der Waals surface area (Å²) in [6.45, 7) is -0.354. The fourth-order valence-corrected chi connectivity index (χ4v) is 0.958. The molecule has 0 unspecified atom stereocenters. The molecule has 0 aromatic carbocycles. The minimum absolute atomic E-state index is 0.177. The molecule has 0 N–H and O–H groups in total. The smallest absolute Gasteiger partial charge is 0.320 e. The van der Waals surface area contributed by atoms with Crippen molar-refractivity contribution in [1.29, 1.82) is 0 Å². The Morgan fingerprint density at radius 2 is 2.08 bits per heavy atom. The summed E-state index contributed by atoms with van der Waals surface area (Å²) < 4.78 is 8.04. The van der Waals surface area contributed by atoms with Gasteiger partial charge in [-0.15, -0.1) is 0 Å². The van der Waals surface area contributed by atoms with Crippen LogP contribution in [-0.2, 0) is 14.3 Å². The quantitative estimate of drug-likeness (QED) is 0.222. The van der Waals surface area contributed by atoms with E-state index in [4.69, 9.17) is 9.47 Å². The second-order valence-electron chi connectivity index (χ2n) is 2.30. The van der Waals surface area contributed by atoms with Crippen molar-refractivity contribution in [3.8, 4) is 0 Å². The Balaban J connectivity index is 2.55. The molecule has 0 aliphatic carbocycles. The van der Waals surface area contributed by atoms with Crippen molar-refractivity contribution in [2.24, 2.45) is 0 Å². The van der Waals surface area contributed by atoms with Crippen molar-refractivity contribution in [2.45, 2.75) is 10.7 Å². The first-order valence-corrected chi connectivity index (χ1v) is 3.90. The van der Waals surface area contributed by atoms with E-state index in [0.29, 0.717) is 6.29 Å². The number of ether oxygens (including phenoxy) is 2. The Labute approximate surface area is 76.1 Å². The Bertz CT molecular complexity index is 200. The fraction of sp³-hybridized carbons (Fsp3) is 0.800. The normalized spacial score (nSPS) is 35.9. The van der Waals surface area contributed by atoms with Crippen LogP contribution < -0.4 is 0 Å². The van der Waals surface area contributed by atoms with E-state index in [1.165, 1.54) is 0 Å². The van der Waals surface area contributed by atoms with Crippen LogP contribution in [0, 0.1) is 10.1 Å². The van der Waals surface area contributed by atoms with Crippen LogP contribution in [0.4, 0.5) is 0 Å². The summed E-state index contributed by atoms with van der Waals surface area (Å²) in [5, 5.41) is 10.4. The molecule has 0 aromatic heterocycles. The molecule has 0 radical (unpaired) electrons. The van der Waals surface area contributed by atoms with Gasteiger partial charge in [-0.05, 0) is 0 Å². The molecule has 1 heterocycles. The first kappa shape index (κ1) is 9.56. The summed E-state index contributed by atoms with van der Waals surface area (Å²) in [7, 11) is 0. The van der Waals surface area contributed by atoms with Crippen LogP contribution in [0.3, 0.4) is 0 Å². The van der Waals surface area contributed by atoms with E-state index in [1.807, 2.05) is 0 Å². The summed E-state index contributed by atoms with van der Waals surface area (Å²) in [5.74, 6) is 0. The van der Waals surface area contributed by atoms with Crippen LogP contribution in [0.15, 0.2) is 0 Å². The van der Waals surface area contributed by atoms with Gasteiger partial charge in [-0.1, -0.05) is 0 Å². The minimum atomic E-state index is -1.41. The van der Waals surface area contributed by atoms with Crippen LogP contribution in [0.1, 0.15) is 0 Å². The number of rotatable bonds is 2. The van der Waals surface area contributed by atoms with E-state index in [0.717, 1.165) is 0 Å². The third-order valence-electron chi connectivity index (χ3n) is 1.38. The third-order valence-corrected chi connectivity index (χ3v) is 2.12. The van der Waals surface area contributed by atoms with Crippen molar-refractivity contribution in [2.75, 3.05) is 13.2 Å². The van der Waals surface area contributed by atoms with Gasteiger partial charge in [0.25, 0.3) is 0 Å². The number of nitrogens with zero attached hydrogens (tertiary/aromatic N) is 1. The molecule has 0 spiro atoms. The summed E-state index contributed by atoms with van der Waals surface area (Å²) in [6.07, 6.45) is -0.525. The van der Waals surface area contributed by atoms with E-state index in [2.05, 4.69) is 15.9 Å². The van der Waals surface area contributed by atoms with Crippen LogP contribution >= 0.6 is 15.9 Å². The van der Waals surface area contributed by atoms with Gasteiger partial charge in [0, 0.05) is 20.9 Å². The molecule has 1 fully saturated rings. The van der Waals surface area contributed by atoms with Crippen LogP contribution in [0.2, 0.25) is 0 Å². The summed E-state index contributed by atoms with van der Waals surface area (Å²) in [4.78, 5) is 19.9. The minimum Gasteiger partial charge on any atom is -0.338 e. The molecule has 1 aliphatic rings. The molecule has 6 nitrogen and oxygen atoms in total. The number of aldehydes is 1. The van der Waals surface area contributed by atoms with Gasteiger partial charge in [-0.2, -0.15) is 0 Å². The summed E-state index contributed by atoms with van der Waals surface area (Å²) >= 11 is 2.85. The number of hydrogen-bond donors (Lipinski definition) is 0. The van der Waals surface area contributed by atoms with Crippen LogP contribution in [0.5, 0.6) is 0 Å². The van der Waals surface area contributed by atoms with Gasteiger partial charge in [0.1, 0.15) is 13.2 Å². The maximum absolute atomic E-state index is 10.4. The zero-order chi connectivity index (χ0) is 9.19. The maximum atomic E-state index is 10.4. The lowest BCUT2D eigenvalue weighted by Gasteiger charge is -2.26. The molecule has 0 aromatic rings. The molecule has 12 heavy (non-hydrogen) atoms. The van der Waals surface area contributed by atoms with Gasteiger partial charge >= 0.3 is 4.45 Å². The molecule has 1 saturated heterocycles. The van der Waals surface area contributed by atoms with Gasteiger partial charge in [-0.3, -0.25) is 14.9 Å². The van der Waals surface area contributed by atoms with E-state index in [9.17, 15) is 14.9 Å². The number of hydrogen-bond acceptors (Lipinski definition) is 5. The maximum Gasteiger partial charge on any atom is 0.320 e. The summed E-state index contributed by atoms with van der Waals surface area (Å²) in [6, 6.07) is 0. The van der Waals surface area contributed by atoms with Crippen molar-refractivity contribution in [3.05, 3.63) is 10.1 Å². The SMILES string of the molecule is O=CC1OCC(Br)([N+](=O)[O-])CO1. The highest BCUT2D eigenvalue weighted by molar-refractivity contribution is 9.10. The van der Waals surface area contributed by atoms with Gasteiger partial charge in [0.15, 0.2) is 6.29 Å². The fourth-order valence-electron chi connectivity index (χ4n) is 0.693. The molecule has 0 amide bonds. The topological polar surface area (TPSA) is 78.7 Å². The van der Waals surface area contributed by atoms with Gasteiger partial charge in [0.2, 0.25) is 6.29 Å². The number of carbonyl (C=O) groups excluding carboxylic acids is 1. The highest BCUT2D eigenvalue weighted by atomic mass is 79.9. The second-order valence-corrected chi connectivity index (χ2v) is 3.78. The van der Waals surface area contributed by atoms with E-state index in [1.54, 1.807) is 0 Å². The van der Waals surface area contributed by atoms with E-state index < -0.39 is 15.7 Å². The molecule has 7 heteroatoms. The molecule has 0 bridgehead atoms. The highest BCUT2D eigenvalue weighted by Gasteiger charge is 2.45. The average molecular weight is 240 g/mol. The molecule has 0 atom stereocenters. The Hall–Kier alpha value is -0.530. The molecular weight excluding hydrogens is 234 g/mol. The van der Waals surface area contributed by atoms with Gasteiger partial charge in [0.05, 0.1) is 0 Å². The number of alkyl halides is 1. The zero-order valence-corrected chi connectivity index (χ0v) is 7.52. The third kappa shape index (κ3) is 1.79. The Morgan fingerprint density at radius 1 is 1.58 bits per heavy atom. The number of carbonyl (C=O) groups is 1. The largest absolute Gasteiger partial charge is 0.338 e. The van der Waals surface area contributed by atoms with Gasteiger partial charge < -0.3 is 9.47 Å². The molecule has 1 aliphatic heterocycles. The van der Waals surface area contributed by atoms with Crippen LogP contribution in [-0.4, -0.2) is 35.2 Å². The second kappa shape index (κ2) is 3.46. The first-order valence-electron chi connectivity index (χ1n) is 3.10. The number of nitro groups is 1. The van der Waals surface area contributed by atoms with Gasteiger partial charge in [-0.25, -0.2) is 0 Å². The lowest BCUT2D eigenvalue weighted by Crippen LogP contribution is -2.48. The lowest BCUT2D eigenvalue weighted by atomic mass is 10.3. The Morgan fingerprint density at radius 3 is 2.42 bits per heavy atom. The molecular formula is C5H6BrNO5. The summed E-state index contributed by atoms with van der Waals surface area (Å²) in [5.41, 5.74) is 0. The average Bonchev–Trinajstić information content (AvgIpc) is 2.06. The Kier molecular flexibility index (Phi) is 2.76. The van der Waals surface area contributed by atoms with Crippen LogP contribution in [0.25, 0.3) is 0 Å². The van der Waals surface area contributed by atoms with Crippen molar-refractivity contribution < 1.29 is 19.2 Å². The lowest BCUT2D eigenvalue weighted by molar-refractivity contribution is -0.554. The molecule has 0 saturated carbocycles. The van der Waals surface area contributed by atoms with E-state index >= 15 is 0 Å². The zero-order valence-electron chi connectivity index (χ0n) is 5.94. The first-order chi connectivity index (χ1) is 5.58.